The van der Waals surface area contributed by atoms with Gasteiger partial charge < -0.3 is 4.90 Å². The molecule has 2 aromatic rings. The van der Waals surface area contributed by atoms with Crippen LogP contribution >= 0.6 is 23.8 Å². The molecule has 1 heterocycles. The number of anilines is 1. The van der Waals surface area contributed by atoms with Crippen LogP contribution in [-0.4, -0.2) is 28.4 Å². The molecule has 21 heavy (non-hydrogen) atoms. The van der Waals surface area contributed by atoms with Gasteiger partial charge in [0.05, 0.1) is 10.7 Å². The summed E-state index contributed by atoms with van der Waals surface area (Å²) in [5.41, 5.74) is 0.917. The van der Waals surface area contributed by atoms with Crippen LogP contribution in [0.5, 0.6) is 0 Å². The van der Waals surface area contributed by atoms with Crippen LogP contribution in [0.25, 0.3) is 5.69 Å². The van der Waals surface area contributed by atoms with Gasteiger partial charge in [-0.2, -0.15) is 13.2 Å². The van der Waals surface area contributed by atoms with Crippen LogP contribution in [0.4, 0.5) is 18.9 Å². The molecule has 0 unspecified atom stereocenters. The highest BCUT2D eigenvalue weighted by Crippen LogP contribution is 2.33. The molecule has 0 atom stereocenters. The Morgan fingerprint density at radius 1 is 1.29 bits per heavy atom. The molecule has 1 aromatic carbocycles. The van der Waals surface area contributed by atoms with Crippen LogP contribution in [0.15, 0.2) is 18.2 Å². The molecular weight excluding hydrogens is 325 g/mol. The normalized spacial score (nSPS) is 11.8. The first-order valence-electron chi connectivity index (χ1n) is 5.83. The van der Waals surface area contributed by atoms with Gasteiger partial charge in [0.1, 0.15) is 0 Å². The molecule has 0 fully saturated rings. The van der Waals surface area contributed by atoms with Gasteiger partial charge >= 0.3 is 6.18 Å². The number of rotatable bonds is 2. The Balaban J connectivity index is 2.71. The summed E-state index contributed by atoms with van der Waals surface area (Å²) in [6.45, 7) is 0. The predicted octanol–water partition coefficient (Wildman–Crippen LogP) is 3.68. The van der Waals surface area contributed by atoms with Gasteiger partial charge in [0, 0.05) is 26.8 Å². The Morgan fingerprint density at radius 3 is 2.38 bits per heavy atom. The molecule has 0 spiro atoms. The maximum Gasteiger partial charge on any atom is 0.452 e. The smallest absolute Gasteiger partial charge is 0.378 e. The summed E-state index contributed by atoms with van der Waals surface area (Å²) in [4.78, 5) is 1.79. The molecule has 0 aliphatic heterocycles. The molecule has 0 saturated heterocycles. The van der Waals surface area contributed by atoms with Gasteiger partial charge in [0.2, 0.25) is 10.6 Å². The minimum atomic E-state index is -4.63. The van der Waals surface area contributed by atoms with Crippen molar-refractivity contribution in [2.24, 2.45) is 7.05 Å². The van der Waals surface area contributed by atoms with E-state index in [4.69, 9.17) is 23.8 Å². The summed E-state index contributed by atoms with van der Waals surface area (Å²) in [6.07, 6.45) is -4.63. The van der Waals surface area contributed by atoms with Gasteiger partial charge in [0.25, 0.3) is 0 Å². The second-order valence-electron chi connectivity index (χ2n) is 4.59. The fourth-order valence-electron chi connectivity index (χ4n) is 1.82. The van der Waals surface area contributed by atoms with Crippen molar-refractivity contribution in [2.45, 2.75) is 6.18 Å². The monoisotopic (exact) mass is 336 g/mol. The van der Waals surface area contributed by atoms with E-state index in [1.165, 1.54) is 13.1 Å². The first-order valence-corrected chi connectivity index (χ1v) is 6.62. The zero-order valence-electron chi connectivity index (χ0n) is 11.4. The molecule has 1 aromatic heterocycles. The van der Waals surface area contributed by atoms with Crippen LogP contribution in [0, 0.1) is 4.77 Å². The van der Waals surface area contributed by atoms with Crippen LogP contribution in [0.2, 0.25) is 5.02 Å². The topological polar surface area (TPSA) is 26.0 Å². The average Bonchev–Trinajstić information content (AvgIpc) is 2.66. The molecule has 0 saturated carbocycles. The van der Waals surface area contributed by atoms with Crippen molar-refractivity contribution in [1.82, 2.24) is 14.3 Å². The third kappa shape index (κ3) is 2.91. The minimum Gasteiger partial charge on any atom is -0.378 e. The average molecular weight is 337 g/mol. The highest BCUT2D eigenvalue weighted by atomic mass is 35.5. The van der Waals surface area contributed by atoms with E-state index in [1.807, 2.05) is 14.1 Å². The summed E-state index contributed by atoms with van der Waals surface area (Å²) in [5, 5.41) is 3.60. The first-order chi connectivity index (χ1) is 9.62. The zero-order valence-corrected chi connectivity index (χ0v) is 13.0. The minimum absolute atomic E-state index is 0.0816. The number of alkyl halides is 3. The Morgan fingerprint density at radius 2 is 1.90 bits per heavy atom. The van der Waals surface area contributed by atoms with E-state index in [2.05, 4.69) is 5.10 Å². The lowest BCUT2D eigenvalue weighted by molar-refractivity contribution is -0.146. The third-order valence-corrected chi connectivity index (χ3v) is 3.62. The Bertz CT molecular complexity index is 733. The van der Waals surface area contributed by atoms with E-state index in [1.54, 1.807) is 17.0 Å². The van der Waals surface area contributed by atoms with E-state index in [0.717, 1.165) is 14.9 Å². The van der Waals surface area contributed by atoms with Crippen molar-refractivity contribution >= 4 is 29.5 Å². The van der Waals surface area contributed by atoms with Crippen LogP contribution in [-0.2, 0) is 13.2 Å². The van der Waals surface area contributed by atoms with E-state index in [9.17, 15) is 13.2 Å². The number of hydrogen-bond acceptors (Lipinski definition) is 3. The van der Waals surface area contributed by atoms with Gasteiger partial charge in [-0.15, -0.1) is 5.10 Å². The largest absolute Gasteiger partial charge is 0.452 e. The first kappa shape index (κ1) is 15.8. The van der Waals surface area contributed by atoms with Crippen LogP contribution in [0.1, 0.15) is 5.82 Å². The van der Waals surface area contributed by atoms with Gasteiger partial charge in [-0.3, -0.25) is 4.57 Å². The Kier molecular flexibility index (Phi) is 4.03. The lowest BCUT2D eigenvalue weighted by Crippen LogP contribution is -2.15. The van der Waals surface area contributed by atoms with Crippen LogP contribution in [0.3, 0.4) is 0 Å². The number of benzene rings is 1. The van der Waals surface area contributed by atoms with E-state index in [0.29, 0.717) is 0 Å². The number of halogens is 4. The van der Waals surface area contributed by atoms with Crippen molar-refractivity contribution < 1.29 is 13.2 Å². The standard InChI is InChI=1S/C12H12ClF3N4S/c1-18(2)7-4-5-9(8(13)6-7)20-10(12(14,15)16)17-19(3)11(20)21/h4-6H,1-3H3. The molecule has 9 heteroatoms. The fraction of sp³-hybridized carbons (Fsp3) is 0.333. The zero-order chi connectivity index (χ0) is 15.9. The second-order valence-corrected chi connectivity index (χ2v) is 5.37. The second kappa shape index (κ2) is 5.34. The van der Waals surface area contributed by atoms with Crippen molar-refractivity contribution in [2.75, 3.05) is 19.0 Å². The number of nitrogens with zero attached hydrogens (tertiary/aromatic N) is 4. The highest BCUT2D eigenvalue weighted by Gasteiger charge is 2.38. The van der Waals surface area contributed by atoms with Crippen LogP contribution < -0.4 is 4.90 Å². The van der Waals surface area contributed by atoms with E-state index >= 15 is 0 Å². The Hall–Kier alpha value is -1.54. The van der Waals surface area contributed by atoms with E-state index in [-0.39, 0.29) is 15.5 Å². The molecule has 0 N–H and O–H groups in total. The maximum absolute atomic E-state index is 13.1. The van der Waals surface area contributed by atoms with Gasteiger partial charge in [-0.05, 0) is 30.4 Å². The number of aromatic nitrogens is 3. The molecular formula is C12H12ClF3N4S. The number of aryl methyl sites for hydroxylation is 1. The fourth-order valence-corrected chi connectivity index (χ4v) is 2.31. The summed E-state index contributed by atoms with van der Waals surface area (Å²) in [5.74, 6) is -1.10. The van der Waals surface area contributed by atoms with Crippen molar-refractivity contribution in [3.63, 3.8) is 0 Å². The molecule has 0 aliphatic carbocycles. The molecule has 0 amide bonds. The Labute approximate surface area is 129 Å². The van der Waals surface area contributed by atoms with Crippen molar-refractivity contribution in [3.8, 4) is 5.69 Å². The lowest BCUT2D eigenvalue weighted by Gasteiger charge is -2.15. The van der Waals surface area contributed by atoms with Crippen molar-refractivity contribution in [3.05, 3.63) is 33.8 Å². The maximum atomic E-state index is 13.1. The molecule has 0 aliphatic rings. The molecule has 114 valence electrons. The van der Waals surface area contributed by atoms with Gasteiger partial charge in [-0.25, -0.2) is 4.68 Å². The third-order valence-electron chi connectivity index (χ3n) is 2.87. The lowest BCUT2D eigenvalue weighted by atomic mass is 10.2. The summed E-state index contributed by atoms with van der Waals surface area (Å²) >= 11 is 11.1. The highest BCUT2D eigenvalue weighted by molar-refractivity contribution is 7.71. The number of hydrogen-bond donors (Lipinski definition) is 0. The van der Waals surface area contributed by atoms with Gasteiger partial charge in [-0.1, -0.05) is 11.6 Å². The van der Waals surface area contributed by atoms with E-state index < -0.39 is 12.0 Å². The predicted molar refractivity (Wildman–Crippen MR) is 77.7 cm³/mol. The molecule has 4 nitrogen and oxygen atoms in total. The molecule has 0 radical (unpaired) electrons. The van der Waals surface area contributed by atoms with Gasteiger partial charge in [0.15, 0.2) is 0 Å². The summed E-state index contributed by atoms with van der Waals surface area (Å²) < 4.78 is 41.0. The SMILES string of the molecule is CN(C)c1ccc(-n2c(C(F)(F)F)nn(C)c2=S)c(Cl)c1. The summed E-state index contributed by atoms with van der Waals surface area (Å²) in [6, 6.07) is 4.73. The van der Waals surface area contributed by atoms with Crippen molar-refractivity contribution in [1.29, 1.82) is 0 Å². The summed E-state index contributed by atoms with van der Waals surface area (Å²) in [7, 11) is 4.97. The quantitative estimate of drug-likeness (QED) is 0.782. The molecule has 2 rings (SSSR count). The molecule has 0 bridgehead atoms.